The van der Waals surface area contributed by atoms with E-state index in [1.54, 1.807) is 0 Å². The molecule has 1 aliphatic rings. The minimum absolute atomic E-state index is 0.0868. The van der Waals surface area contributed by atoms with Gasteiger partial charge >= 0.3 is 6.09 Å². The number of rotatable bonds is 2. The molecule has 1 aliphatic carbocycles. The van der Waals surface area contributed by atoms with Gasteiger partial charge in [0.15, 0.2) is 0 Å². The zero-order valence-corrected chi connectivity index (χ0v) is 8.44. The predicted octanol–water partition coefficient (Wildman–Crippen LogP) is 2.17. The van der Waals surface area contributed by atoms with E-state index in [2.05, 4.69) is 5.32 Å². The zero-order chi connectivity index (χ0) is 10.4. The molecule has 0 radical (unpaired) electrons. The van der Waals surface area contributed by atoms with Gasteiger partial charge in [0.2, 0.25) is 0 Å². The molecule has 0 atom stereocenters. The van der Waals surface area contributed by atoms with Gasteiger partial charge in [0.25, 0.3) is 0 Å². The lowest BCUT2D eigenvalue weighted by Crippen LogP contribution is -2.33. The number of carbonyl (C=O) groups is 1. The molecule has 1 rings (SSSR count). The third-order valence-corrected chi connectivity index (χ3v) is 1.60. The summed E-state index contributed by atoms with van der Waals surface area (Å²) in [7, 11) is 0. The predicted molar refractivity (Wildman–Crippen MR) is 56.0 cm³/mol. The molecular weight excluding hydrogens is 178 g/mol. The van der Waals surface area contributed by atoms with Crippen molar-refractivity contribution in [2.24, 2.45) is 0 Å². The summed E-state index contributed by atoms with van der Waals surface area (Å²) >= 11 is 0. The lowest BCUT2D eigenvalue weighted by atomic mass is 10.3. The van der Waals surface area contributed by atoms with Crippen molar-refractivity contribution in [3.05, 3.63) is 36.5 Å². The number of nitrogens with one attached hydrogen (secondary N) is 1. The van der Waals surface area contributed by atoms with Crippen LogP contribution in [0, 0.1) is 0 Å². The Morgan fingerprint density at radius 3 is 2.29 bits per heavy atom. The standard InChI is InChI=1S/C11H15NO2/c1-9(2)14-11(13)12-10-7-5-3-4-6-8-10/h3-10H,1-2H3,(H,12,13). The first-order chi connectivity index (χ1) is 6.68. The van der Waals surface area contributed by atoms with Gasteiger partial charge in [-0.3, -0.25) is 0 Å². The maximum atomic E-state index is 11.2. The van der Waals surface area contributed by atoms with Crippen molar-refractivity contribution in [1.29, 1.82) is 0 Å². The van der Waals surface area contributed by atoms with Crippen LogP contribution in [-0.4, -0.2) is 18.2 Å². The van der Waals surface area contributed by atoms with E-state index in [-0.39, 0.29) is 18.2 Å². The zero-order valence-electron chi connectivity index (χ0n) is 8.44. The van der Waals surface area contributed by atoms with E-state index < -0.39 is 0 Å². The van der Waals surface area contributed by atoms with E-state index in [4.69, 9.17) is 4.74 Å². The summed E-state index contributed by atoms with van der Waals surface area (Å²) < 4.78 is 4.96. The van der Waals surface area contributed by atoms with Gasteiger partial charge in [-0.25, -0.2) is 4.79 Å². The molecule has 0 unspecified atom stereocenters. The van der Waals surface area contributed by atoms with Gasteiger partial charge < -0.3 is 10.1 Å². The van der Waals surface area contributed by atoms with Gasteiger partial charge in [-0.1, -0.05) is 36.5 Å². The van der Waals surface area contributed by atoms with Crippen molar-refractivity contribution in [3.8, 4) is 0 Å². The minimum Gasteiger partial charge on any atom is -0.447 e. The third kappa shape index (κ3) is 3.94. The van der Waals surface area contributed by atoms with Crippen molar-refractivity contribution < 1.29 is 9.53 Å². The molecule has 3 nitrogen and oxygen atoms in total. The normalized spacial score (nSPS) is 15.6. The van der Waals surface area contributed by atoms with Crippen LogP contribution >= 0.6 is 0 Å². The number of amides is 1. The number of allylic oxidation sites excluding steroid dienone is 4. The average molecular weight is 193 g/mol. The molecule has 0 aromatic carbocycles. The molecule has 0 saturated heterocycles. The van der Waals surface area contributed by atoms with Crippen molar-refractivity contribution in [2.45, 2.75) is 26.0 Å². The molecule has 14 heavy (non-hydrogen) atoms. The molecule has 0 bridgehead atoms. The van der Waals surface area contributed by atoms with Crippen LogP contribution in [0.25, 0.3) is 0 Å². The number of carbonyl (C=O) groups excluding carboxylic acids is 1. The summed E-state index contributed by atoms with van der Waals surface area (Å²) in [5.74, 6) is 0. The Kier molecular flexibility index (Phi) is 3.98. The SMILES string of the molecule is CC(C)OC(=O)NC1C=CC=CC=C1. The van der Waals surface area contributed by atoms with Crippen molar-refractivity contribution in [2.75, 3.05) is 0 Å². The van der Waals surface area contributed by atoms with Crippen LogP contribution in [0.5, 0.6) is 0 Å². The molecule has 0 heterocycles. The molecule has 0 aliphatic heterocycles. The van der Waals surface area contributed by atoms with Crippen LogP contribution in [0.3, 0.4) is 0 Å². The van der Waals surface area contributed by atoms with Gasteiger partial charge in [0.05, 0.1) is 12.1 Å². The monoisotopic (exact) mass is 193 g/mol. The van der Waals surface area contributed by atoms with Gasteiger partial charge in [-0.15, -0.1) is 0 Å². The van der Waals surface area contributed by atoms with Crippen molar-refractivity contribution in [1.82, 2.24) is 5.32 Å². The highest BCUT2D eigenvalue weighted by atomic mass is 16.6. The molecule has 1 N–H and O–H groups in total. The van der Waals surface area contributed by atoms with Crippen LogP contribution in [0.1, 0.15) is 13.8 Å². The van der Waals surface area contributed by atoms with E-state index in [0.29, 0.717) is 0 Å². The van der Waals surface area contributed by atoms with Gasteiger partial charge in [0, 0.05) is 0 Å². The molecule has 0 spiro atoms. The summed E-state index contributed by atoms with van der Waals surface area (Å²) in [6.07, 6.45) is 10.9. The van der Waals surface area contributed by atoms with Gasteiger partial charge in [0.1, 0.15) is 0 Å². The molecule has 1 amide bonds. The van der Waals surface area contributed by atoms with Gasteiger partial charge in [-0.2, -0.15) is 0 Å². The largest absolute Gasteiger partial charge is 0.447 e. The van der Waals surface area contributed by atoms with Crippen molar-refractivity contribution >= 4 is 6.09 Å². The first-order valence-electron chi connectivity index (χ1n) is 4.67. The highest BCUT2D eigenvalue weighted by Gasteiger charge is 2.08. The second kappa shape index (κ2) is 5.27. The Morgan fingerprint density at radius 1 is 1.21 bits per heavy atom. The highest BCUT2D eigenvalue weighted by molar-refractivity contribution is 5.68. The third-order valence-electron chi connectivity index (χ3n) is 1.60. The lowest BCUT2D eigenvalue weighted by molar-refractivity contribution is 0.115. The Labute approximate surface area is 84.1 Å². The summed E-state index contributed by atoms with van der Waals surface area (Å²) in [4.78, 5) is 11.2. The average Bonchev–Trinajstić information content (AvgIpc) is 2.31. The molecule has 3 heteroatoms. The number of hydrogen-bond acceptors (Lipinski definition) is 2. The molecule has 76 valence electrons. The number of ether oxygens (including phenoxy) is 1. The minimum atomic E-state index is -0.388. The Bertz CT molecular complexity index is 261. The maximum Gasteiger partial charge on any atom is 0.408 e. The summed E-state index contributed by atoms with van der Waals surface area (Å²) in [6.45, 7) is 3.64. The van der Waals surface area contributed by atoms with E-state index in [0.717, 1.165) is 0 Å². The van der Waals surface area contributed by atoms with E-state index in [1.165, 1.54) is 0 Å². The Morgan fingerprint density at radius 2 is 1.79 bits per heavy atom. The van der Waals surface area contributed by atoms with E-state index >= 15 is 0 Å². The fraction of sp³-hybridized carbons (Fsp3) is 0.364. The van der Waals surface area contributed by atoms with Crippen LogP contribution in [0.15, 0.2) is 36.5 Å². The second-order valence-electron chi connectivity index (χ2n) is 3.28. The maximum absolute atomic E-state index is 11.2. The van der Waals surface area contributed by atoms with E-state index in [1.807, 2.05) is 50.3 Å². The number of alkyl carbamates (subject to hydrolysis) is 1. The Hall–Kier alpha value is -1.51. The van der Waals surface area contributed by atoms with Crippen LogP contribution < -0.4 is 5.32 Å². The van der Waals surface area contributed by atoms with E-state index in [9.17, 15) is 4.79 Å². The lowest BCUT2D eigenvalue weighted by Gasteiger charge is -2.12. The molecule has 0 aromatic heterocycles. The Balaban J connectivity index is 2.40. The molecule has 0 aromatic rings. The smallest absolute Gasteiger partial charge is 0.408 e. The summed E-state index contributed by atoms with van der Waals surface area (Å²) in [6, 6.07) is -0.0868. The van der Waals surface area contributed by atoms with Crippen LogP contribution in [0.4, 0.5) is 4.79 Å². The van der Waals surface area contributed by atoms with Crippen LogP contribution in [-0.2, 0) is 4.74 Å². The van der Waals surface area contributed by atoms with Crippen LogP contribution in [0.2, 0.25) is 0 Å². The fourth-order valence-corrected chi connectivity index (χ4v) is 1.04. The second-order valence-corrected chi connectivity index (χ2v) is 3.28. The molecule has 0 saturated carbocycles. The quantitative estimate of drug-likeness (QED) is 0.730. The fourth-order valence-electron chi connectivity index (χ4n) is 1.04. The first kappa shape index (κ1) is 10.6. The first-order valence-corrected chi connectivity index (χ1v) is 4.67. The summed E-state index contributed by atoms with van der Waals surface area (Å²) in [5.41, 5.74) is 0. The van der Waals surface area contributed by atoms with Crippen molar-refractivity contribution in [3.63, 3.8) is 0 Å². The highest BCUT2D eigenvalue weighted by Crippen LogP contribution is 1.98. The van der Waals surface area contributed by atoms with Gasteiger partial charge in [-0.05, 0) is 13.8 Å². The molecular formula is C11H15NO2. The molecule has 0 fully saturated rings. The number of hydrogen-bond donors (Lipinski definition) is 1. The summed E-state index contributed by atoms with van der Waals surface area (Å²) in [5, 5.41) is 2.72. The topological polar surface area (TPSA) is 38.3 Å².